The minimum Gasteiger partial charge on any atom is -0.741 e. The molecule has 0 aromatic heterocycles. The molecular weight excluding hydrogens is 415 g/mol. The Morgan fingerprint density at radius 3 is 1.63 bits per heavy atom. The molecule has 0 bridgehead atoms. The van der Waals surface area contributed by atoms with Gasteiger partial charge in [0.1, 0.15) is 6.54 Å². The highest BCUT2D eigenvalue weighted by Gasteiger charge is 2.36. The van der Waals surface area contributed by atoms with E-state index >= 15 is 0 Å². The average Bonchev–Trinajstić information content (AvgIpc) is 2.62. The molecule has 8 heteroatoms. The van der Waals surface area contributed by atoms with Gasteiger partial charge < -0.3 is 9.04 Å². The van der Waals surface area contributed by atoms with Crippen molar-refractivity contribution >= 4 is 10.1 Å². The van der Waals surface area contributed by atoms with Crippen LogP contribution in [0.5, 0.6) is 0 Å². The molecule has 30 heavy (non-hydrogen) atoms. The quantitative estimate of drug-likeness (QED) is 0.154. The van der Waals surface area contributed by atoms with Crippen LogP contribution in [-0.2, 0) is 16.7 Å². The lowest BCUT2D eigenvalue weighted by Crippen LogP contribution is -2.39. The second-order valence-corrected chi connectivity index (χ2v) is 9.76. The molecule has 1 rings (SSSR count). The highest BCUT2D eigenvalue weighted by atomic mass is 32.2. The number of halogens is 3. The largest absolute Gasteiger partial charge is 0.741 e. The molecule has 0 aliphatic rings. The molecule has 0 heterocycles. The summed E-state index contributed by atoms with van der Waals surface area (Å²) in [6, 6.07) is 10.9. The van der Waals surface area contributed by atoms with Gasteiger partial charge in [0, 0.05) is 5.56 Å². The molecular formula is C22H38F3NO3S. The Bertz CT molecular complexity index is 647. The van der Waals surface area contributed by atoms with E-state index in [1.54, 1.807) is 0 Å². The maximum absolute atomic E-state index is 10.7. The van der Waals surface area contributed by atoms with E-state index < -0.39 is 15.6 Å². The maximum Gasteiger partial charge on any atom is 0.485 e. The van der Waals surface area contributed by atoms with Crippen LogP contribution in [-0.4, -0.2) is 43.6 Å². The van der Waals surface area contributed by atoms with Crippen molar-refractivity contribution in [2.75, 3.05) is 20.6 Å². The van der Waals surface area contributed by atoms with Gasteiger partial charge in [-0.1, -0.05) is 88.6 Å². The Morgan fingerprint density at radius 1 is 0.833 bits per heavy atom. The second-order valence-electron chi connectivity index (χ2n) is 8.38. The molecule has 0 spiro atoms. The minimum absolute atomic E-state index is 1.11. The summed E-state index contributed by atoms with van der Waals surface area (Å²) in [7, 11) is -1.37. The minimum atomic E-state index is -6.09. The van der Waals surface area contributed by atoms with Gasteiger partial charge >= 0.3 is 5.51 Å². The summed E-state index contributed by atoms with van der Waals surface area (Å²) >= 11 is 0. The van der Waals surface area contributed by atoms with E-state index in [2.05, 4.69) is 51.4 Å². The smallest absolute Gasteiger partial charge is 0.485 e. The summed E-state index contributed by atoms with van der Waals surface area (Å²) in [5.41, 5.74) is -4.19. The molecule has 0 atom stereocenters. The van der Waals surface area contributed by atoms with Crippen LogP contribution in [0.2, 0.25) is 0 Å². The zero-order chi connectivity index (χ0) is 23.1. The third-order valence-electron chi connectivity index (χ3n) is 4.85. The number of rotatable bonds is 13. The van der Waals surface area contributed by atoms with Crippen LogP contribution in [0.25, 0.3) is 0 Å². The highest BCUT2D eigenvalue weighted by Crippen LogP contribution is 2.20. The molecule has 0 aliphatic heterocycles. The van der Waals surface area contributed by atoms with E-state index in [4.69, 9.17) is 13.0 Å². The lowest BCUT2D eigenvalue weighted by Gasteiger charge is -2.30. The average molecular weight is 454 g/mol. The zero-order valence-corrected chi connectivity index (χ0v) is 19.4. The van der Waals surface area contributed by atoms with Crippen LogP contribution in [0.4, 0.5) is 13.2 Å². The Labute approximate surface area is 180 Å². The molecule has 1 aromatic carbocycles. The van der Waals surface area contributed by atoms with E-state index in [-0.39, 0.29) is 0 Å². The van der Waals surface area contributed by atoms with Crippen molar-refractivity contribution in [1.82, 2.24) is 0 Å². The van der Waals surface area contributed by atoms with Crippen LogP contribution in [0.3, 0.4) is 0 Å². The molecule has 0 saturated carbocycles. The number of hydrogen-bond acceptors (Lipinski definition) is 3. The number of quaternary nitrogens is 1. The molecule has 0 N–H and O–H groups in total. The predicted molar refractivity (Wildman–Crippen MR) is 115 cm³/mol. The Morgan fingerprint density at radius 2 is 1.23 bits per heavy atom. The van der Waals surface area contributed by atoms with Crippen molar-refractivity contribution in [3.63, 3.8) is 0 Å². The first-order chi connectivity index (χ1) is 13.9. The monoisotopic (exact) mass is 453 g/mol. The Hall–Kier alpha value is -1.12. The van der Waals surface area contributed by atoms with Gasteiger partial charge in [-0.25, -0.2) is 8.42 Å². The summed E-state index contributed by atoms with van der Waals surface area (Å²) in [4.78, 5) is 0. The third kappa shape index (κ3) is 15.7. The van der Waals surface area contributed by atoms with Crippen LogP contribution >= 0.6 is 0 Å². The summed E-state index contributed by atoms with van der Waals surface area (Å²) in [6.45, 7) is 4.74. The molecule has 0 aliphatic carbocycles. The normalized spacial score (nSPS) is 12.4. The number of hydrogen-bond donors (Lipinski definition) is 0. The Kier molecular flexibility index (Phi) is 14.3. The van der Waals surface area contributed by atoms with Crippen LogP contribution in [0.15, 0.2) is 30.3 Å². The molecule has 4 nitrogen and oxygen atoms in total. The van der Waals surface area contributed by atoms with Gasteiger partial charge in [0.05, 0.1) is 20.6 Å². The molecule has 0 radical (unpaired) electrons. The number of nitrogens with zero attached hydrogens (tertiary/aromatic N) is 1. The van der Waals surface area contributed by atoms with Crippen molar-refractivity contribution in [2.24, 2.45) is 0 Å². The third-order valence-corrected chi connectivity index (χ3v) is 5.42. The van der Waals surface area contributed by atoms with Gasteiger partial charge in [0.2, 0.25) is 0 Å². The first-order valence-corrected chi connectivity index (χ1v) is 12.2. The van der Waals surface area contributed by atoms with Gasteiger partial charge in [-0.3, -0.25) is 0 Å². The fourth-order valence-electron chi connectivity index (χ4n) is 3.18. The van der Waals surface area contributed by atoms with Crippen LogP contribution in [0, 0.1) is 0 Å². The van der Waals surface area contributed by atoms with E-state index in [1.165, 1.54) is 76.3 Å². The van der Waals surface area contributed by atoms with Crippen molar-refractivity contribution < 1.29 is 30.6 Å². The fraction of sp³-hybridized carbons (Fsp3) is 0.727. The highest BCUT2D eigenvalue weighted by molar-refractivity contribution is 7.86. The van der Waals surface area contributed by atoms with Crippen molar-refractivity contribution in [3.8, 4) is 0 Å². The summed E-state index contributed by atoms with van der Waals surface area (Å²) in [5.74, 6) is 0. The fourth-order valence-corrected chi connectivity index (χ4v) is 3.18. The van der Waals surface area contributed by atoms with Gasteiger partial charge in [-0.2, -0.15) is 13.2 Å². The van der Waals surface area contributed by atoms with Crippen LogP contribution in [0.1, 0.15) is 76.7 Å². The van der Waals surface area contributed by atoms with E-state index in [1.807, 2.05) is 0 Å². The van der Waals surface area contributed by atoms with E-state index in [0.717, 1.165) is 11.0 Å². The zero-order valence-electron chi connectivity index (χ0n) is 18.6. The number of benzene rings is 1. The predicted octanol–water partition coefficient (Wildman–Crippen LogP) is 6.24. The molecule has 0 fully saturated rings. The Balaban J connectivity index is 0.000000890. The van der Waals surface area contributed by atoms with E-state index in [0.29, 0.717) is 0 Å². The number of alkyl halides is 3. The van der Waals surface area contributed by atoms with Crippen LogP contribution < -0.4 is 0 Å². The van der Waals surface area contributed by atoms with Gasteiger partial charge in [0.15, 0.2) is 10.1 Å². The lowest BCUT2D eigenvalue weighted by atomic mass is 10.1. The van der Waals surface area contributed by atoms with Crippen molar-refractivity contribution in [1.29, 1.82) is 0 Å². The molecule has 0 saturated heterocycles. The lowest BCUT2D eigenvalue weighted by molar-refractivity contribution is -0.903. The molecule has 1 aromatic rings. The van der Waals surface area contributed by atoms with Gasteiger partial charge in [0.25, 0.3) is 0 Å². The molecule has 0 unspecified atom stereocenters. The maximum atomic E-state index is 10.7. The molecule has 0 amide bonds. The standard InChI is InChI=1S/C21H38N.CHF3O3S/c1-4-5-6-7-8-9-10-11-12-16-19-22(2,3)20-21-17-14-13-15-18-21;2-1(3,4)8(5,6)7/h13-15,17-18H,4-12,16,19-20H2,1-3H3;(H,5,6,7)/q+1;/p-1. The van der Waals surface area contributed by atoms with Gasteiger partial charge in [-0.15, -0.1) is 0 Å². The summed E-state index contributed by atoms with van der Waals surface area (Å²) in [6.07, 6.45) is 14.2. The summed E-state index contributed by atoms with van der Waals surface area (Å²) in [5, 5.41) is 0. The van der Waals surface area contributed by atoms with Gasteiger partial charge in [-0.05, 0) is 12.8 Å². The second kappa shape index (κ2) is 14.8. The van der Waals surface area contributed by atoms with Crippen molar-refractivity contribution in [2.45, 2.75) is 83.2 Å². The summed E-state index contributed by atoms with van der Waals surface area (Å²) < 4.78 is 60.0. The first kappa shape index (κ1) is 28.9. The first-order valence-electron chi connectivity index (χ1n) is 10.8. The van der Waals surface area contributed by atoms with E-state index in [9.17, 15) is 13.2 Å². The molecule has 176 valence electrons. The topological polar surface area (TPSA) is 57.2 Å². The van der Waals surface area contributed by atoms with Crippen molar-refractivity contribution in [3.05, 3.63) is 35.9 Å². The number of unbranched alkanes of at least 4 members (excludes halogenated alkanes) is 9. The SMILES string of the molecule is CCCCCCCCCCCC[N+](C)(C)Cc1ccccc1.O=S(=O)([O-])C(F)(F)F.